The van der Waals surface area contributed by atoms with Gasteiger partial charge in [-0.05, 0) is 0 Å². The zero-order chi connectivity index (χ0) is 12.7. The number of carboxylic acids is 1. The molecule has 0 radical (unpaired) electrons. The molecular formula is C9H13N4O4-. The first-order valence-electron chi connectivity index (χ1n) is 5.20. The van der Waals surface area contributed by atoms with E-state index in [1.54, 1.807) is 14.1 Å². The van der Waals surface area contributed by atoms with E-state index in [1.807, 2.05) is 0 Å². The number of carbonyl (C=O) groups is 3. The van der Waals surface area contributed by atoms with E-state index in [2.05, 4.69) is 5.32 Å². The molecule has 2 fully saturated rings. The Morgan fingerprint density at radius 3 is 2.59 bits per heavy atom. The third kappa shape index (κ3) is 1.65. The zero-order valence-corrected chi connectivity index (χ0v) is 9.54. The molecule has 2 heterocycles. The van der Waals surface area contributed by atoms with Crippen LogP contribution in [0.25, 0.3) is 0 Å². The molecule has 2 atom stereocenters. The summed E-state index contributed by atoms with van der Waals surface area (Å²) in [7, 11) is 3.17. The molecule has 0 aromatic carbocycles. The second-order valence-corrected chi connectivity index (χ2v) is 4.13. The van der Waals surface area contributed by atoms with Crippen LogP contribution in [-0.4, -0.2) is 65.7 Å². The lowest BCUT2D eigenvalue weighted by atomic mass is 10.3. The Balaban J connectivity index is 2.15. The standard InChI is InChI=1S/C9H14N4O4/c1-11-6-7(12(2)9(11)17)13(8(16)10-6)4-3-5(14)15/h6-7H,3-4H2,1-2H3,(H,10,16)(H,14,15)/p-1/t6-,7-/m1/s1. The summed E-state index contributed by atoms with van der Waals surface area (Å²) in [5.41, 5.74) is 0. The van der Waals surface area contributed by atoms with Gasteiger partial charge >= 0.3 is 12.1 Å². The highest BCUT2D eigenvalue weighted by molar-refractivity contribution is 5.85. The first-order valence-corrected chi connectivity index (χ1v) is 5.20. The van der Waals surface area contributed by atoms with E-state index >= 15 is 0 Å². The summed E-state index contributed by atoms with van der Waals surface area (Å²) in [6.07, 6.45) is -1.14. The lowest BCUT2D eigenvalue weighted by molar-refractivity contribution is -0.305. The maximum atomic E-state index is 11.7. The van der Waals surface area contributed by atoms with Crippen molar-refractivity contribution in [2.45, 2.75) is 18.8 Å². The molecule has 0 aliphatic carbocycles. The van der Waals surface area contributed by atoms with Crippen LogP contribution in [0, 0.1) is 0 Å². The molecule has 0 unspecified atom stereocenters. The molecule has 2 aliphatic rings. The maximum Gasteiger partial charge on any atom is 0.323 e. The largest absolute Gasteiger partial charge is 0.550 e. The number of nitrogens with one attached hydrogen (secondary N) is 1. The summed E-state index contributed by atoms with van der Waals surface area (Å²) >= 11 is 0. The number of likely N-dealkylation sites (N-methyl/N-ethyl adjacent to an activating group) is 2. The second kappa shape index (κ2) is 3.79. The Morgan fingerprint density at radius 1 is 1.35 bits per heavy atom. The molecule has 0 saturated carbocycles. The van der Waals surface area contributed by atoms with E-state index in [0.29, 0.717) is 0 Å². The number of aliphatic carboxylic acids is 1. The van der Waals surface area contributed by atoms with Gasteiger partial charge in [0, 0.05) is 33.0 Å². The average molecular weight is 241 g/mol. The highest BCUT2D eigenvalue weighted by Gasteiger charge is 2.52. The van der Waals surface area contributed by atoms with Gasteiger partial charge in [0.2, 0.25) is 0 Å². The monoisotopic (exact) mass is 241 g/mol. The van der Waals surface area contributed by atoms with Gasteiger partial charge in [-0.2, -0.15) is 0 Å². The van der Waals surface area contributed by atoms with E-state index in [1.165, 1.54) is 14.7 Å². The van der Waals surface area contributed by atoms with Crippen molar-refractivity contribution in [1.82, 2.24) is 20.0 Å². The number of hydrogen-bond donors (Lipinski definition) is 1. The third-order valence-electron chi connectivity index (χ3n) is 3.11. The van der Waals surface area contributed by atoms with Crippen molar-refractivity contribution in [2.24, 2.45) is 0 Å². The fraction of sp³-hybridized carbons (Fsp3) is 0.667. The summed E-state index contributed by atoms with van der Waals surface area (Å²) in [6, 6.07) is -0.578. The average Bonchev–Trinajstić information content (AvgIpc) is 2.68. The number of carbonyl (C=O) groups excluding carboxylic acids is 3. The van der Waals surface area contributed by atoms with Crippen LogP contribution in [-0.2, 0) is 4.79 Å². The predicted octanol–water partition coefficient (Wildman–Crippen LogP) is -2.20. The van der Waals surface area contributed by atoms with E-state index in [9.17, 15) is 19.5 Å². The fourth-order valence-corrected chi connectivity index (χ4v) is 2.22. The molecule has 2 rings (SSSR count). The summed E-state index contributed by atoms with van der Waals surface area (Å²) < 4.78 is 0. The van der Waals surface area contributed by atoms with Gasteiger partial charge in [-0.1, -0.05) is 0 Å². The van der Waals surface area contributed by atoms with E-state index in [0.717, 1.165) is 0 Å². The molecule has 0 aromatic rings. The maximum absolute atomic E-state index is 11.7. The van der Waals surface area contributed by atoms with Crippen molar-refractivity contribution in [1.29, 1.82) is 0 Å². The highest BCUT2D eigenvalue weighted by Crippen LogP contribution is 2.26. The van der Waals surface area contributed by atoms with Crippen LogP contribution in [0.1, 0.15) is 6.42 Å². The van der Waals surface area contributed by atoms with Gasteiger partial charge in [-0.15, -0.1) is 0 Å². The molecule has 1 N–H and O–H groups in total. The normalized spacial score (nSPS) is 27.5. The smallest absolute Gasteiger partial charge is 0.323 e. The van der Waals surface area contributed by atoms with Gasteiger partial charge in [0.25, 0.3) is 0 Å². The quantitative estimate of drug-likeness (QED) is 0.606. The summed E-state index contributed by atoms with van der Waals surface area (Å²) in [6.45, 7) is 0.0286. The van der Waals surface area contributed by atoms with E-state index < -0.39 is 18.3 Å². The first-order chi connectivity index (χ1) is 7.93. The molecule has 0 spiro atoms. The van der Waals surface area contributed by atoms with Crippen LogP contribution < -0.4 is 10.4 Å². The van der Waals surface area contributed by atoms with Crippen LogP contribution in [0.5, 0.6) is 0 Å². The molecule has 8 heteroatoms. The number of amides is 4. The molecule has 8 nitrogen and oxygen atoms in total. The fourth-order valence-electron chi connectivity index (χ4n) is 2.22. The van der Waals surface area contributed by atoms with Crippen molar-refractivity contribution in [2.75, 3.05) is 20.6 Å². The Hall–Kier alpha value is -1.99. The van der Waals surface area contributed by atoms with Crippen molar-refractivity contribution < 1.29 is 19.5 Å². The minimum Gasteiger partial charge on any atom is -0.550 e. The van der Waals surface area contributed by atoms with Crippen LogP contribution in [0.4, 0.5) is 9.59 Å². The lowest BCUT2D eigenvalue weighted by Gasteiger charge is -2.26. The number of hydrogen-bond acceptors (Lipinski definition) is 4. The van der Waals surface area contributed by atoms with Crippen LogP contribution >= 0.6 is 0 Å². The first kappa shape index (κ1) is 11.5. The van der Waals surface area contributed by atoms with Crippen LogP contribution in [0.3, 0.4) is 0 Å². The number of fused-ring (bicyclic) bond motifs is 1. The van der Waals surface area contributed by atoms with E-state index in [-0.39, 0.29) is 25.0 Å². The highest BCUT2D eigenvalue weighted by atomic mass is 16.4. The third-order valence-corrected chi connectivity index (χ3v) is 3.11. The predicted molar refractivity (Wildman–Crippen MR) is 53.4 cm³/mol. The van der Waals surface area contributed by atoms with Crippen LogP contribution in [0.2, 0.25) is 0 Å². The number of nitrogens with zero attached hydrogens (tertiary/aromatic N) is 3. The van der Waals surface area contributed by atoms with E-state index in [4.69, 9.17) is 0 Å². The minimum atomic E-state index is -1.22. The molecule has 0 bridgehead atoms. The Kier molecular flexibility index (Phi) is 2.56. The second-order valence-electron chi connectivity index (χ2n) is 4.13. The van der Waals surface area contributed by atoms with Gasteiger partial charge in [0.15, 0.2) is 0 Å². The van der Waals surface area contributed by atoms with Crippen molar-refractivity contribution in [3.8, 4) is 0 Å². The molecule has 94 valence electrons. The molecule has 2 aliphatic heterocycles. The SMILES string of the molecule is CN1C(=O)N(C)[C@H]2NC(=O)N(CCC(=O)[O-])[C@H]21. The Bertz CT molecular complexity index is 385. The van der Waals surface area contributed by atoms with Crippen molar-refractivity contribution in [3.63, 3.8) is 0 Å². The summed E-state index contributed by atoms with van der Waals surface area (Å²) in [5, 5.41) is 13.0. The zero-order valence-electron chi connectivity index (χ0n) is 9.54. The Labute approximate surface area is 97.8 Å². The van der Waals surface area contributed by atoms with Crippen molar-refractivity contribution >= 4 is 18.0 Å². The molecule has 4 amide bonds. The van der Waals surface area contributed by atoms with Gasteiger partial charge in [-0.3, -0.25) is 4.90 Å². The Morgan fingerprint density at radius 2 is 2.00 bits per heavy atom. The molecule has 2 saturated heterocycles. The van der Waals surface area contributed by atoms with Gasteiger partial charge in [0.05, 0.1) is 0 Å². The van der Waals surface area contributed by atoms with Crippen LogP contribution in [0.15, 0.2) is 0 Å². The molecular weight excluding hydrogens is 228 g/mol. The number of urea groups is 2. The van der Waals surface area contributed by atoms with Gasteiger partial charge in [0.1, 0.15) is 12.3 Å². The molecule has 17 heavy (non-hydrogen) atoms. The minimum absolute atomic E-state index is 0.0286. The number of carboxylic acid groups (broad SMARTS) is 1. The summed E-state index contributed by atoms with van der Waals surface area (Å²) in [5.74, 6) is -1.22. The topological polar surface area (TPSA) is 96.0 Å². The van der Waals surface area contributed by atoms with Gasteiger partial charge in [-0.25, -0.2) is 9.59 Å². The van der Waals surface area contributed by atoms with Crippen molar-refractivity contribution in [3.05, 3.63) is 0 Å². The lowest BCUT2D eigenvalue weighted by Crippen LogP contribution is -2.45. The number of rotatable bonds is 3. The van der Waals surface area contributed by atoms with Gasteiger partial charge < -0.3 is 25.0 Å². The summed E-state index contributed by atoms with van der Waals surface area (Å²) in [4.78, 5) is 37.9. The molecule has 0 aromatic heterocycles.